The van der Waals surface area contributed by atoms with Crippen LogP contribution in [0.15, 0.2) is 58.5 Å². The first kappa shape index (κ1) is 27.6. The van der Waals surface area contributed by atoms with E-state index in [1.54, 1.807) is 23.1 Å². The van der Waals surface area contributed by atoms with Gasteiger partial charge in [-0.05, 0) is 24.6 Å². The van der Waals surface area contributed by atoms with Gasteiger partial charge < -0.3 is 9.45 Å². The number of benzene rings is 2. The third-order valence-corrected chi connectivity index (χ3v) is 8.90. The Labute approximate surface area is 229 Å². The molecule has 0 spiro atoms. The quantitative estimate of drug-likeness (QED) is 0.230. The number of thioether (sulfide) groups is 1. The van der Waals surface area contributed by atoms with Crippen LogP contribution in [-0.4, -0.2) is 44.0 Å². The average molecular weight is 550 g/mol. The molecule has 0 aliphatic carbocycles. The van der Waals surface area contributed by atoms with Crippen LogP contribution >= 0.6 is 23.1 Å². The Hall–Kier alpha value is -0.960. The Morgan fingerprint density at radius 1 is 1.00 bits per heavy atom. The van der Waals surface area contributed by atoms with Crippen LogP contribution in [0.4, 0.5) is 5.69 Å². The maximum Gasteiger partial charge on any atom is 1.00 e. The maximum absolute atomic E-state index is 11.2. The molecule has 0 saturated carbocycles. The number of nitrogens with zero attached hydrogens (tertiary/aromatic N) is 2. The van der Waals surface area contributed by atoms with Gasteiger partial charge in [0.15, 0.2) is 6.54 Å². The zero-order valence-electron chi connectivity index (χ0n) is 18.5. The second-order valence-corrected chi connectivity index (χ2v) is 12.7. The summed E-state index contributed by atoms with van der Waals surface area (Å²) in [5.41, 5.74) is 1.92. The molecule has 8 nitrogen and oxygen atoms in total. The van der Waals surface area contributed by atoms with Crippen LogP contribution in [0, 0.1) is 0 Å². The normalized spacial score (nSPS) is 15.0. The molecule has 0 amide bonds. The van der Waals surface area contributed by atoms with Crippen LogP contribution < -0.4 is 39.0 Å². The van der Waals surface area contributed by atoms with E-state index in [0.717, 1.165) is 30.8 Å². The van der Waals surface area contributed by atoms with Crippen LogP contribution in [0.1, 0.15) is 17.8 Å². The summed E-state index contributed by atoms with van der Waals surface area (Å²) >= 11 is 3.13. The Bertz CT molecular complexity index is 1420. The molecule has 0 atom stereocenters. The molecule has 1 aliphatic rings. The number of fused-ring (bicyclic) bond motifs is 2. The van der Waals surface area contributed by atoms with Crippen molar-refractivity contribution in [2.24, 2.45) is 0 Å². The van der Waals surface area contributed by atoms with Crippen molar-refractivity contribution in [3.05, 3.63) is 58.6 Å². The fraction of sp³-hybridized carbons (Fsp3) is 0.286. The Morgan fingerprint density at radius 3 is 2.44 bits per heavy atom. The Kier molecular flexibility index (Phi) is 9.26. The molecule has 0 unspecified atom stereocenters. The number of anilines is 1. The summed E-state index contributed by atoms with van der Waals surface area (Å²) < 4.78 is 67.8. The number of thiazole rings is 1. The van der Waals surface area contributed by atoms with Gasteiger partial charge in [0.1, 0.15) is 4.70 Å². The standard InChI is InChI=1S/C21H22N2O6S4.Na/c24-32(25,26)13-5-11-22-16-7-1-3-9-18(16)30-20(22)15-21-23(12-6-14-33(27,28)29)17-8-2-4-10-19(17)31-21;/h1-4,7-10,15H,5-6,11-14H2,(H-,24,25,26,27,28,29);/q;+1. The van der Waals surface area contributed by atoms with Crippen molar-refractivity contribution in [2.45, 2.75) is 24.3 Å². The van der Waals surface area contributed by atoms with Crippen LogP contribution in [0.25, 0.3) is 16.3 Å². The third-order valence-electron chi connectivity index (χ3n) is 5.08. The number of rotatable bonds is 9. The monoisotopic (exact) mass is 549 g/mol. The van der Waals surface area contributed by atoms with Crippen molar-refractivity contribution in [3.63, 3.8) is 0 Å². The predicted molar refractivity (Wildman–Crippen MR) is 130 cm³/mol. The van der Waals surface area contributed by atoms with E-state index in [2.05, 4.69) is 0 Å². The molecule has 3 aromatic rings. The number of hydrogen-bond donors (Lipinski definition) is 1. The summed E-state index contributed by atoms with van der Waals surface area (Å²) in [7, 11) is -8.34. The molecule has 13 heteroatoms. The molecule has 2 heterocycles. The van der Waals surface area contributed by atoms with Gasteiger partial charge in [-0.15, -0.1) is 0 Å². The van der Waals surface area contributed by atoms with Crippen molar-refractivity contribution in [2.75, 3.05) is 23.0 Å². The van der Waals surface area contributed by atoms with Gasteiger partial charge in [0.05, 0.1) is 32.7 Å². The molecule has 0 fully saturated rings. The molecular formula is C21H22N2NaO6S4+. The molecule has 1 aliphatic heterocycles. The van der Waals surface area contributed by atoms with E-state index in [1.165, 1.54) is 0 Å². The van der Waals surface area contributed by atoms with Gasteiger partial charge in [-0.2, -0.15) is 13.0 Å². The fourth-order valence-corrected chi connectivity index (χ4v) is 6.99. The van der Waals surface area contributed by atoms with Crippen LogP contribution in [-0.2, 0) is 26.8 Å². The van der Waals surface area contributed by atoms with Crippen LogP contribution in [0.2, 0.25) is 0 Å². The van der Waals surface area contributed by atoms with Gasteiger partial charge in [0, 0.05) is 29.7 Å². The SMILES string of the molecule is O=S(=O)([O-])CCC[n+]1c(C=C2Sc3ccccc3N2CCCS(=O)(=O)O)sc2ccccc21.[Na+]. The molecular weight excluding hydrogens is 527 g/mol. The number of aryl methyl sites for hydroxylation is 1. The molecule has 176 valence electrons. The summed E-state index contributed by atoms with van der Waals surface area (Å²) in [5, 5.41) is 1.80. The summed E-state index contributed by atoms with van der Waals surface area (Å²) in [6.07, 6.45) is 2.48. The molecule has 2 aromatic carbocycles. The first-order valence-corrected chi connectivity index (χ1v) is 15.0. The van der Waals surface area contributed by atoms with Crippen molar-refractivity contribution in [1.29, 1.82) is 0 Å². The summed E-state index contributed by atoms with van der Waals surface area (Å²) in [6, 6.07) is 15.6. The minimum Gasteiger partial charge on any atom is -0.748 e. The molecule has 0 radical (unpaired) electrons. The minimum absolute atomic E-state index is 0. The van der Waals surface area contributed by atoms with E-state index in [-0.39, 0.29) is 48.2 Å². The molecule has 34 heavy (non-hydrogen) atoms. The van der Waals surface area contributed by atoms with Gasteiger partial charge in [0.2, 0.25) is 5.52 Å². The first-order chi connectivity index (χ1) is 15.6. The summed E-state index contributed by atoms with van der Waals surface area (Å²) in [4.78, 5) is 3.07. The van der Waals surface area contributed by atoms with Crippen LogP contribution in [0.3, 0.4) is 0 Å². The van der Waals surface area contributed by atoms with E-state index in [1.807, 2.05) is 64.1 Å². The molecule has 1 N–H and O–H groups in total. The van der Waals surface area contributed by atoms with E-state index < -0.39 is 26.0 Å². The Morgan fingerprint density at radius 2 is 1.71 bits per heavy atom. The molecule has 1 aromatic heterocycles. The Balaban J connectivity index is 0.00000324. The smallest absolute Gasteiger partial charge is 0.748 e. The largest absolute Gasteiger partial charge is 1.00 e. The topological polar surface area (TPSA) is 119 Å². The van der Waals surface area contributed by atoms with Crippen LogP contribution in [0.5, 0.6) is 0 Å². The van der Waals surface area contributed by atoms with Gasteiger partial charge in [-0.3, -0.25) is 4.55 Å². The summed E-state index contributed by atoms with van der Waals surface area (Å²) in [6.45, 7) is 0.792. The van der Waals surface area contributed by atoms with Crippen molar-refractivity contribution in [3.8, 4) is 0 Å². The second kappa shape index (κ2) is 11.4. The molecule has 0 saturated heterocycles. The van der Waals surface area contributed by atoms with Crippen molar-refractivity contribution >= 4 is 65.3 Å². The number of aromatic nitrogens is 1. The summed E-state index contributed by atoms with van der Waals surface area (Å²) in [5.74, 6) is -0.752. The fourth-order valence-electron chi connectivity index (χ4n) is 3.69. The van der Waals surface area contributed by atoms with E-state index >= 15 is 0 Å². The van der Waals surface area contributed by atoms with E-state index in [9.17, 15) is 21.4 Å². The maximum atomic E-state index is 11.2. The van der Waals surface area contributed by atoms with Gasteiger partial charge in [-0.25, -0.2) is 8.42 Å². The first-order valence-electron chi connectivity index (χ1n) is 10.2. The zero-order valence-corrected chi connectivity index (χ0v) is 23.7. The molecule has 4 rings (SSSR count). The zero-order chi connectivity index (χ0) is 23.6. The molecule has 0 bridgehead atoms. The number of para-hydroxylation sites is 2. The third kappa shape index (κ3) is 7.05. The van der Waals surface area contributed by atoms with Gasteiger partial charge in [0.25, 0.3) is 15.1 Å². The minimum atomic E-state index is -4.29. The van der Waals surface area contributed by atoms with E-state index in [0.29, 0.717) is 13.1 Å². The predicted octanol–water partition coefficient (Wildman–Crippen LogP) is 0.317. The second-order valence-electron chi connectivity index (χ2n) is 7.52. The van der Waals surface area contributed by atoms with E-state index in [4.69, 9.17) is 4.55 Å². The van der Waals surface area contributed by atoms with Crippen molar-refractivity contribution < 1.29 is 60.1 Å². The number of hydrogen-bond acceptors (Lipinski definition) is 8. The van der Waals surface area contributed by atoms with Crippen molar-refractivity contribution in [1.82, 2.24) is 0 Å². The average Bonchev–Trinajstić information content (AvgIpc) is 3.25. The van der Waals surface area contributed by atoms with Gasteiger partial charge in [-0.1, -0.05) is 47.4 Å². The van der Waals surface area contributed by atoms with Gasteiger partial charge >= 0.3 is 29.6 Å².